The molecule has 0 fully saturated rings. The van der Waals surface area contributed by atoms with Crippen LogP contribution in [0, 0.1) is 0 Å². The van der Waals surface area contributed by atoms with Crippen molar-refractivity contribution in [3.05, 3.63) is 57.3 Å². The van der Waals surface area contributed by atoms with Gasteiger partial charge in [0.1, 0.15) is 0 Å². The molecular weight excluding hydrogens is 322 g/mol. The number of carbonyl (C=O) groups is 2. The maximum Gasteiger partial charge on any atom is 0.315 e. The van der Waals surface area contributed by atoms with Crippen molar-refractivity contribution in [3.8, 4) is 0 Å². The first-order valence-corrected chi connectivity index (χ1v) is 8.97. The predicted molar refractivity (Wildman–Crippen MR) is 95.2 cm³/mol. The summed E-state index contributed by atoms with van der Waals surface area (Å²) in [6, 6.07) is 9.27. The van der Waals surface area contributed by atoms with Crippen molar-refractivity contribution in [2.45, 2.75) is 31.8 Å². The van der Waals surface area contributed by atoms with Crippen LogP contribution in [0.25, 0.3) is 0 Å². The van der Waals surface area contributed by atoms with Crippen LogP contribution < -0.4 is 16.0 Å². The average Bonchev–Trinajstić information content (AvgIpc) is 3.09. The van der Waals surface area contributed by atoms with Crippen molar-refractivity contribution in [3.63, 3.8) is 0 Å². The summed E-state index contributed by atoms with van der Waals surface area (Å²) in [6.07, 6.45) is 3.21. The summed E-state index contributed by atoms with van der Waals surface area (Å²) in [5, 5.41) is 10.6. The van der Waals surface area contributed by atoms with Gasteiger partial charge in [-0.15, -0.1) is 11.3 Å². The van der Waals surface area contributed by atoms with Crippen LogP contribution in [0.1, 0.15) is 45.2 Å². The van der Waals surface area contributed by atoms with Crippen LogP contribution >= 0.6 is 11.3 Å². The number of aryl methyl sites for hydroxylation is 1. The molecule has 0 aliphatic heterocycles. The summed E-state index contributed by atoms with van der Waals surface area (Å²) in [7, 11) is 1.60. The van der Waals surface area contributed by atoms with Crippen molar-refractivity contribution in [1.82, 2.24) is 16.0 Å². The van der Waals surface area contributed by atoms with Gasteiger partial charge in [-0.1, -0.05) is 12.1 Å². The van der Waals surface area contributed by atoms with Crippen LogP contribution in [0.2, 0.25) is 0 Å². The van der Waals surface area contributed by atoms with Crippen LogP contribution in [0.3, 0.4) is 0 Å². The van der Waals surface area contributed by atoms with Crippen molar-refractivity contribution in [2.24, 2.45) is 0 Å². The smallest absolute Gasteiger partial charge is 0.315 e. The zero-order chi connectivity index (χ0) is 16.9. The topological polar surface area (TPSA) is 70.2 Å². The monoisotopic (exact) mass is 343 g/mol. The highest BCUT2D eigenvalue weighted by molar-refractivity contribution is 7.10. The lowest BCUT2D eigenvalue weighted by Gasteiger charge is -2.23. The lowest BCUT2D eigenvalue weighted by atomic mass is 9.94. The summed E-state index contributed by atoms with van der Waals surface area (Å²) in [5.74, 6) is -0.115. The number of benzene rings is 1. The third kappa shape index (κ3) is 3.76. The molecular formula is C18H21N3O2S. The van der Waals surface area contributed by atoms with Gasteiger partial charge < -0.3 is 16.0 Å². The standard InChI is InChI=1S/C18H21N3O2S/c1-19-17(22)13-7-5-12(6-8-13)11-20-18(23)21-15-3-2-4-16-14(15)9-10-24-16/h5-10,15H,2-4,11H2,1H3,(H,19,22)(H2,20,21,23)/t15-/m1/s1. The molecule has 1 atom stereocenters. The summed E-state index contributed by atoms with van der Waals surface area (Å²) in [6.45, 7) is 0.434. The van der Waals surface area contributed by atoms with E-state index in [2.05, 4.69) is 27.4 Å². The molecule has 126 valence electrons. The highest BCUT2D eigenvalue weighted by Gasteiger charge is 2.22. The van der Waals surface area contributed by atoms with E-state index in [-0.39, 0.29) is 18.0 Å². The molecule has 0 radical (unpaired) electrons. The minimum absolute atomic E-state index is 0.107. The molecule has 1 aromatic carbocycles. The number of thiophene rings is 1. The van der Waals surface area contributed by atoms with Gasteiger partial charge in [0.25, 0.3) is 5.91 Å². The van der Waals surface area contributed by atoms with Gasteiger partial charge in [0, 0.05) is 24.0 Å². The molecule has 3 amide bonds. The van der Waals surface area contributed by atoms with Crippen LogP contribution in [-0.4, -0.2) is 19.0 Å². The molecule has 6 heteroatoms. The zero-order valence-electron chi connectivity index (χ0n) is 13.6. The van der Waals surface area contributed by atoms with Gasteiger partial charge in [-0.3, -0.25) is 4.79 Å². The van der Waals surface area contributed by atoms with Gasteiger partial charge in [0.2, 0.25) is 0 Å². The summed E-state index contributed by atoms with van der Waals surface area (Å²) in [5.41, 5.74) is 2.83. The Morgan fingerprint density at radius 3 is 2.75 bits per heavy atom. The lowest BCUT2D eigenvalue weighted by Crippen LogP contribution is -2.38. The summed E-state index contributed by atoms with van der Waals surface area (Å²) >= 11 is 1.77. The van der Waals surface area contributed by atoms with Crippen molar-refractivity contribution >= 4 is 23.3 Å². The quantitative estimate of drug-likeness (QED) is 0.799. The second kappa shape index (κ2) is 7.49. The van der Waals surface area contributed by atoms with E-state index in [1.807, 2.05) is 12.1 Å². The second-order valence-corrected chi connectivity index (χ2v) is 6.85. The van der Waals surface area contributed by atoms with Crippen LogP contribution in [0.15, 0.2) is 35.7 Å². The fourth-order valence-corrected chi connectivity index (χ4v) is 3.93. The zero-order valence-corrected chi connectivity index (χ0v) is 14.4. The van der Waals surface area contributed by atoms with E-state index in [1.165, 1.54) is 10.4 Å². The third-order valence-corrected chi connectivity index (χ3v) is 5.25. The number of hydrogen-bond donors (Lipinski definition) is 3. The van der Waals surface area contributed by atoms with Gasteiger partial charge in [0.15, 0.2) is 0 Å². The number of rotatable bonds is 4. The van der Waals surface area contributed by atoms with Crippen LogP contribution in [0.5, 0.6) is 0 Å². The molecule has 0 saturated heterocycles. The largest absolute Gasteiger partial charge is 0.355 e. The highest BCUT2D eigenvalue weighted by atomic mass is 32.1. The Morgan fingerprint density at radius 1 is 1.21 bits per heavy atom. The fourth-order valence-electron chi connectivity index (χ4n) is 2.95. The molecule has 0 bridgehead atoms. The van der Waals surface area contributed by atoms with E-state index in [0.717, 1.165) is 24.8 Å². The summed E-state index contributed by atoms with van der Waals surface area (Å²) < 4.78 is 0. The van der Waals surface area contributed by atoms with E-state index in [0.29, 0.717) is 12.1 Å². The Morgan fingerprint density at radius 2 is 2.00 bits per heavy atom. The van der Waals surface area contributed by atoms with Gasteiger partial charge in [-0.05, 0) is 54.0 Å². The normalized spacial score (nSPS) is 16.1. The Bertz CT molecular complexity index is 724. The van der Waals surface area contributed by atoms with Crippen LogP contribution in [0.4, 0.5) is 4.79 Å². The Labute approximate surface area is 145 Å². The minimum atomic E-state index is -0.158. The maximum absolute atomic E-state index is 12.2. The van der Waals surface area contributed by atoms with Gasteiger partial charge >= 0.3 is 6.03 Å². The molecule has 2 aromatic rings. The average molecular weight is 343 g/mol. The molecule has 1 aliphatic rings. The van der Waals surface area contributed by atoms with E-state index < -0.39 is 0 Å². The van der Waals surface area contributed by atoms with Gasteiger partial charge in [0.05, 0.1) is 6.04 Å². The first-order chi connectivity index (χ1) is 11.7. The van der Waals surface area contributed by atoms with Gasteiger partial charge in [-0.2, -0.15) is 0 Å². The minimum Gasteiger partial charge on any atom is -0.355 e. The van der Waals surface area contributed by atoms with E-state index in [9.17, 15) is 9.59 Å². The lowest BCUT2D eigenvalue weighted by molar-refractivity contribution is 0.0963. The molecule has 0 saturated carbocycles. The van der Waals surface area contributed by atoms with Crippen molar-refractivity contribution < 1.29 is 9.59 Å². The van der Waals surface area contributed by atoms with Crippen molar-refractivity contribution in [2.75, 3.05) is 7.05 Å². The molecule has 3 N–H and O–H groups in total. The van der Waals surface area contributed by atoms with E-state index in [4.69, 9.17) is 0 Å². The fraction of sp³-hybridized carbons (Fsp3) is 0.333. The molecule has 24 heavy (non-hydrogen) atoms. The van der Waals surface area contributed by atoms with Crippen molar-refractivity contribution in [1.29, 1.82) is 0 Å². The number of urea groups is 1. The SMILES string of the molecule is CNC(=O)c1ccc(CNC(=O)N[C@@H]2CCCc3sccc32)cc1. The molecule has 1 aliphatic carbocycles. The number of hydrogen-bond acceptors (Lipinski definition) is 3. The molecule has 0 spiro atoms. The summed E-state index contributed by atoms with van der Waals surface area (Å²) in [4.78, 5) is 25.0. The predicted octanol–water partition coefficient (Wildman–Crippen LogP) is 2.98. The van der Waals surface area contributed by atoms with Gasteiger partial charge in [-0.25, -0.2) is 4.79 Å². The Balaban J connectivity index is 1.52. The van der Waals surface area contributed by atoms with Crippen LogP contribution in [-0.2, 0) is 13.0 Å². The molecule has 3 rings (SSSR count). The number of carbonyl (C=O) groups excluding carboxylic acids is 2. The highest BCUT2D eigenvalue weighted by Crippen LogP contribution is 2.33. The maximum atomic E-state index is 12.2. The third-order valence-electron chi connectivity index (χ3n) is 4.25. The Kier molecular flexibility index (Phi) is 5.15. The number of nitrogens with one attached hydrogen (secondary N) is 3. The molecule has 0 unspecified atom stereocenters. The van der Waals surface area contributed by atoms with E-state index in [1.54, 1.807) is 30.5 Å². The molecule has 1 heterocycles. The first-order valence-electron chi connectivity index (χ1n) is 8.09. The molecule has 5 nitrogen and oxygen atoms in total. The van der Waals surface area contributed by atoms with E-state index >= 15 is 0 Å². The number of fused-ring (bicyclic) bond motifs is 1. The first kappa shape index (κ1) is 16.5. The molecule has 1 aromatic heterocycles. The Hall–Kier alpha value is -2.34. The number of amides is 3. The second-order valence-electron chi connectivity index (χ2n) is 5.85.